The number of unbranched alkanes of at least 4 members (excludes halogenated alkanes) is 17. The average molecular weight is 775 g/mol. The zero-order valence-corrected chi connectivity index (χ0v) is 36.1. The zero-order chi connectivity index (χ0) is 40.7. The summed E-state index contributed by atoms with van der Waals surface area (Å²) in [6, 6.07) is -0.621. The summed E-state index contributed by atoms with van der Waals surface area (Å²) in [4.78, 5) is 36.8. The molecule has 0 aliphatic rings. The van der Waals surface area contributed by atoms with Gasteiger partial charge in [-0.15, -0.1) is 0 Å². The Morgan fingerprint density at radius 2 is 1.02 bits per heavy atom. The molecule has 318 valence electrons. The lowest BCUT2D eigenvalue weighted by molar-refractivity contribution is -0.887. The largest absolute Gasteiger partial charge is 0.477 e. The number of nitrogens with zero attached hydrogens (tertiary/aromatic N) is 1. The van der Waals surface area contributed by atoms with Crippen molar-refractivity contribution in [2.75, 3.05) is 41.0 Å². The molecule has 0 aliphatic carbocycles. The topological polar surface area (TPSA) is 99.1 Å². The standard InChI is InChI=1S/C47H83NO7/c1-6-8-10-12-14-16-17-18-19-20-21-22-23-24-25-26-27-28-30-31-33-35-37-45(49)54-42-43(41-53-40-39-44(47(51)52)48(3,4)5)55-46(50)38-36-34-32-29-15-13-11-9-7-2/h9,11,15,20-21,23-24,29,43-44H,6-8,10,12-14,16-19,22,25-28,30-42H2,1-5H3/p+1/b11-9+,21-20+,24-23+,29-15+. The SMILES string of the molecule is CC/C=C/C/C=C/CCCCC(=O)OC(COCCC(C(=O)O)[N+](C)(C)C)COC(=O)CCCCCCCCC/C=C/C/C=C/CCCCCCCCCC. The van der Waals surface area contributed by atoms with Gasteiger partial charge >= 0.3 is 17.9 Å². The van der Waals surface area contributed by atoms with Gasteiger partial charge in [0.15, 0.2) is 12.1 Å². The van der Waals surface area contributed by atoms with E-state index in [1.54, 1.807) is 0 Å². The Balaban J connectivity index is 4.23. The number of carboxylic acids is 1. The third-order valence-corrected chi connectivity index (χ3v) is 9.71. The van der Waals surface area contributed by atoms with Crippen molar-refractivity contribution < 1.29 is 38.2 Å². The number of quaternary nitrogens is 1. The van der Waals surface area contributed by atoms with E-state index in [9.17, 15) is 19.5 Å². The van der Waals surface area contributed by atoms with Gasteiger partial charge in [-0.1, -0.05) is 140 Å². The van der Waals surface area contributed by atoms with Gasteiger partial charge in [0.2, 0.25) is 0 Å². The molecule has 0 radical (unpaired) electrons. The summed E-state index contributed by atoms with van der Waals surface area (Å²) in [5, 5.41) is 9.59. The lowest BCUT2D eigenvalue weighted by atomic mass is 10.1. The van der Waals surface area contributed by atoms with Crippen LogP contribution in [0.4, 0.5) is 0 Å². The van der Waals surface area contributed by atoms with Gasteiger partial charge in [-0.2, -0.15) is 0 Å². The molecule has 0 bridgehead atoms. The normalized spacial score (nSPS) is 13.4. The Labute approximate surface area is 337 Å². The van der Waals surface area contributed by atoms with E-state index in [0.717, 1.165) is 57.8 Å². The second-order valence-electron chi connectivity index (χ2n) is 15.9. The number of carbonyl (C=O) groups is 3. The molecule has 0 aromatic carbocycles. The smallest absolute Gasteiger partial charge is 0.362 e. The minimum absolute atomic E-state index is 0.0444. The van der Waals surface area contributed by atoms with Gasteiger partial charge in [0.25, 0.3) is 0 Å². The highest BCUT2D eigenvalue weighted by atomic mass is 16.6. The third kappa shape index (κ3) is 36.7. The predicted molar refractivity (Wildman–Crippen MR) is 229 cm³/mol. The van der Waals surface area contributed by atoms with Crippen LogP contribution in [0.15, 0.2) is 48.6 Å². The van der Waals surface area contributed by atoms with Crippen molar-refractivity contribution in [1.82, 2.24) is 0 Å². The summed E-state index contributed by atoms with van der Waals surface area (Å²) in [5.74, 6) is -1.53. The molecule has 0 heterocycles. The van der Waals surface area contributed by atoms with Crippen LogP contribution in [0.25, 0.3) is 0 Å². The molecule has 0 spiro atoms. The number of hydrogen-bond acceptors (Lipinski definition) is 6. The van der Waals surface area contributed by atoms with Crippen molar-refractivity contribution in [3.8, 4) is 0 Å². The zero-order valence-electron chi connectivity index (χ0n) is 36.1. The minimum atomic E-state index is -0.883. The first-order chi connectivity index (χ1) is 26.6. The Hall–Kier alpha value is -2.71. The van der Waals surface area contributed by atoms with E-state index >= 15 is 0 Å². The Morgan fingerprint density at radius 3 is 1.53 bits per heavy atom. The van der Waals surface area contributed by atoms with Gasteiger partial charge in [0.05, 0.1) is 34.4 Å². The van der Waals surface area contributed by atoms with E-state index < -0.39 is 18.1 Å². The van der Waals surface area contributed by atoms with Crippen molar-refractivity contribution in [2.24, 2.45) is 0 Å². The first kappa shape index (κ1) is 52.3. The highest BCUT2D eigenvalue weighted by Crippen LogP contribution is 2.13. The monoisotopic (exact) mass is 775 g/mol. The lowest BCUT2D eigenvalue weighted by Gasteiger charge is -2.31. The number of ether oxygens (including phenoxy) is 3. The molecule has 0 saturated heterocycles. The molecule has 0 aliphatic heterocycles. The second kappa shape index (κ2) is 38.2. The first-order valence-electron chi connectivity index (χ1n) is 22.2. The van der Waals surface area contributed by atoms with E-state index in [-0.39, 0.29) is 42.7 Å². The van der Waals surface area contributed by atoms with Crippen LogP contribution < -0.4 is 0 Å². The number of esters is 2. The summed E-state index contributed by atoms with van der Waals surface area (Å²) in [5.41, 5.74) is 0. The van der Waals surface area contributed by atoms with E-state index in [4.69, 9.17) is 14.2 Å². The molecule has 0 aromatic heterocycles. The number of likely N-dealkylation sites (N-methyl/N-ethyl adjacent to an activating group) is 1. The number of hydrogen-bond donors (Lipinski definition) is 1. The molecular formula is C47H84NO7+. The maximum atomic E-state index is 12.6. The van der Waals surface area contributed by atoms with Gasteiger partial charge in [-0.25, -0.2) is 4.79 Å². The van der Waals surface area contributed by atoms with Crippen LogP contribution in [-0.4, -0.2) is 80.6 Å². The summed E-state index contributed by atoms with van der Waals surface area (Å²) < 4.78 is 17.2. The second-order valence-corrected chi connectivity index (χ2v) is 15.9. The third-order valence-electron chi connectivity index (χ3n) is 9.71. The summed E-state index contributed by atoms with van der Waals surface area (Å²) in [6.07, 6.45) is 44.7. The van der Waals surface area contributed by atoms with Crippen molar-refractivity contribution in [1.29, 1.82) is 0 Å². The van der Waals surface area contributed by atoms with Crippen molar-refractivity contribution in [3.05, 3.63) is 48.6 Å². The molecular weight excluding hydrogens is 691 g/mol. The molecule has 8 heteroatoms. The number of aliphatic carboxylic acids is 1. The van der Waals surface area contributed by atoms with Crippen molar-refractivity contribution in [3.63, 3.8) is 0 Å². The van der Waals surface area contributed by atoms with Gasteiger partial charge in [0, 0.05) is 19.3 Å². The molecule has 0 amide bonds. The number of allylic oxidation sites excluding steroid dienone is 8. The summed E-state index contributed by atoms with van der Waals surface area (Å²) in [7, 11) is 5.50. The number of carboxylic acid groups (broad SMARTS) is 1. The summed E-state index contributed by atoms with van der Waals surface area (Å²) >= 11 is 0. The van der Waals surface area contributed by atoms with Gasteiger partial charge in [-0.3, -0.25) is 9.59 Å². The van der Waals surface area contributed by atoms with Crippen LogP contribution in [0.1, 0.15) is 181 Å². The molecule has 1 N–H and O–H groups in total. The average Bonchev–Trinajstić information content (AvgIpc) is 3.14. The molecule has 0 rings (SSSR count). The number of rotatable bonds is 39. The van der Waals surface area contributed by atoms with Gasteiger partial charge in [-0.05, 0) is 70.6 Å². The fourth-order valence-electron chi connectivity index (χ4n) is 6.28. The van der Waals surface area contributed by atoms with Crippen LogP contribution >= 0.6 is 0 Å². The maximum absolute atomic E-state index is 12.6. The van der Waals surface area contributed by atoms with Crippen LogP contribution in [-0.2, 0) is 28.6 Å². The minimum Gasteiger partial charge on any atom is -0.477 e. The fourth-order valence-corrected chi connectivity index (χ4v) is 6.28. The fraction of sp³-hybridized carbons (Fsp3) is 0.766. The molecule has 0 aromatic rings. The Bertz CT molecular complexity index is 1040. The highest BCUT2D eigenvalue weighted by molar-refractivity contribution is 5.72. The first-order valence-corrected chi connectivity index (χ1v) is 22.2. The lowest BCUT2D eigenvalue weighted by Crippen LogP contribution is -2.50. The molecule has 55 heavy (non-hydrogen) atoms. The quantitative estimate of drug-likeness (QED) is 0.0287. The Morgan fingerprint density at radius 1 is 0.564 bits per heavy atom. The van der Waals surface area contributed by atoms with Crippen molar-refractivity contribution >= 4 is 17.9 Å². The van der Waals surface area contributed by atoms with Gasteiger partial charge in [0.1, 0.15) is 6.61 Å². The van der Waals surface area contributed by atoms with Gasteiger partial charge < -0.3 is 23.8 Å². The van der Waals surface area contributed by atoms with E-state index in [1.165, 1.54) is 83.5 Å². The molecule has 0 saturated carbocycles. The molecule has 2 unspecified atom stereocenters. The van der Waals surface area contributed by atoms with E-state index in [2.05, 4.69) is 62.5 Å². The van der Waals surface area contributed by atoms with E-state index in [0.29, 0.717) is 19.3 Å². The molecule has 0 fully saturated rings. The molecule has 8 nitrogen and oxygen atoms in total. The number of carbonyl (C=O) groups excluding carboxylic acids is 2. The summed E-state index contributed by atoms with van der Waals surface area (Å²) in [6.45, 7) is 4.56. The maximum Gasteiger partial charge on any atom is 0.362 e. The van der Waals surface area contributed by atoms with E-state index in [1.807, 2.05) is 21.1 Å². The van der Waals surface area contributed by atoms with Crippen molar-refractivity contribution in [2.45, 2.75) is 193 Å². The van der Waals surface area contributed by atoms with Crippen LogP contribution in [0.3, 0.4) is 0 Å². The van der Waals surface area contributed by atoms with Crippen LogP contribution in [0.5, 0.6) is 0 Å². The Kier molecular flexibility index (Phi) is 36.3. The van der Waals surface area contributed by atoms with Crippen LogP contribution in [0.2, 0.25) is 0 Å². The van der Waals surface area contributed by atoms with Crippen LogP contribution in [0, 0.1) is 0 Å². The predicted octanol–water partition coefficient (Wildman–Crippen LogP) is 12.0. The molecule has 2 atom stereocenters. The highest BCUT2D eigenvalue weighted by Gasteiger charge is 2.31.